The number of nitrogens with two attached hydrogens (primary N) is 1. The van der Waals surface area contributed by atoms with Crippen molar-refractivity contribution >= 4 is 34.6 Å². The molecule has 5 rings (SSSR count). The second kappa shape index (κ2) is 11.0. The highest BCUT2D eigenvalue weighted by atomic mass is 19.1. The molecule has 0 saturated heterocycles. The summed E-state index contributed by atoms with van der Waals surface area (Å²) in [6, 6.07) is 18.1. The third-order valence-electron chi connectivity index (χ3n) is 6.44. The molecule has 4 N–H and O–H groups in total. The standard InChI is InChI=1S/C30H25FN6O4/c1-30(2,28(40)35-29-33-12-13-34-37-29)36-27(39)20-5-3-4-18(15-20)19-8-11-23-22(16-19)25(26(32)38)24(41-23)14-17-6-9-21(31)10-7-17/h3-13,15-16H,14H2,1-2H3,(H2,32,38)(H,36,39)(H,33,35,37,40). The summed E-state index contributed by atoms with van der Waals surface area (Å²) in [7, 11) is 0. The Labute approximate surface area is 233 Å². The summed E-state index contributed by atoms with van der Waals surface area (Å²) < 4.78 is 19.3. The number of hydrogen-bond acceptors (Lipinski definition) is 7. The van der Waals surface area contributed by atoms with Gasteiger partial charge in [0.15, 0.2) is 0 Å². The van der Waals surface area contributed by atoms with Crippen LogP contribution in [0.1, 0.15) is 45.9 Å². The van der Waals surface area contributed by atoms with Crippen molar-refractivity contribution in [1.29, 1.82) is 0 Å². The van der Waals surface area contributed by atoms with Crippen molar-refractivity contribution in [3.8, 4) is 11.1 Å². The molecule has 0 saturated carbocycles. The molecule has 0 aliphatic heterocycles. The number of amides is 3. The molecule has 0 spiro atoms. The Morgan fingerprint density at radius 2 is 1.73 bits per heavy atom. The van der Waals surface area contributed by atoms with Crippen LogP contribution in [0.5, 0.6) is 0 Å². The van der Waals surface area contributed by atoms with Crippen molar-refractivity contribution in [2.45, 2.75) is 25.8 Å². The average molecular weight is 553 g/mol. The summed E-state index contributed by atoms with van der Waals surface area (Å²) in [5.74, 6) is -1.60. The van der Waals surface area contributed by atoms with E-state index in [-0.39, 0.29) is 23.7 Å². The SMILES string of the molecule is CC(C)(NC(=O)c1cccc(-c2ccc3oc(Cc4ccc(F)cc4)c(C(N)=O)c3c2)c1)C(=O)Nc1nccnn1. The van der Waals surface area contributed by atoms with Gasteiger partial charge in [-0.2, -0.15) is 5.10 Å². The van der Waals surface area contributed by atoms with E-state index in [1.54, 1.807) is 62.4 Å². The lowest BCUT2D eigenvalue weighted by molar-refractivity contribution is -0.121. The highest BCUT2D eigenvalue weighted by Gasteiger charge is 2.30. The largest absolute Gasteiger partial charge is 0.460 e. The lowest BCUT2D eigenvalue weighted by atomic mass is 9.98. The highest BCUT2D eigenvalue weighted by molar-refractivity contribution is 6.08. The van der Waals surface area contributed by atoms with Crippen molar-refractivity contribution < 1.29 is 23.2 Å². The van der Waals surface area contributed by atoms with Gasteiger partial charge in [-0.1, -0.05) is 30.3 Å². The van der Waals surface area contributed by atoms with Gasteiger partial charge in [-0.15, -0.1) is 5.10 Å². The summed E-state index contributed by atoms with van der Waals surface area (Å²) >= 11 is 0. The summed E-state index contributed by atoms with van der Waals surface area (Å²) in [6.07, 6.45) is 3.02. The molecule has 0 bridgehead atoms. The zero-order valence-corrected chi connectivity index (χ0v) is 22.1. The van der Waals surface area contributed by atoms with Crippen molar-refractivity contribution in [1.82, 2.24) is 20.5 Å². The fourth-order valence-electron chi connectivity index (χ4n) is 4.33. The van der Waals surface area contributed by atoms with E-state index >= 15 is 0 Å². The molecule has 0 radical (unpaired) electrons. The molecule has 0 aliphatic carbocycles. The van der Waals surface area contributed by atoms with E-state index in [4.69, 9.17) is 10.2 Å². The number of anilines is 1. The van der Waals surface area contributed by atoms with E-state index in [2.05, 4.69) is 25.8 Å². The van der Waals surface area contributed by atoms with Gasteiger partial charge in [-0.3, -0.25) is 19.7 Å². The number of furan rings is 1. The average Bonchev–Trinajstić information content (AvgIpc) is 3.32. The first-order chi connectivity index (χ1) is 19.6. The molecule has 2 aromatic heterocycles. The first-order valence-corrected chi connectivity index (χ1v) is 12.6. The van der Waals surface area contributed by atoms with Gasteiger partial charge in [0.1, 0.15) is 22.7 Å². The van der Waals surface area contributed by atoms with Crippen LogP contribution in [0.3, 0.4) is 0 Å². The zero-order valence-electron chi connectivity index (χ0n) is 22.1. The maximum absolute atomic E-state index is 13.3. The van der Waals surface area contributed by atoms with Gasteiger partial charge in [-0.25, -0.2) is 9.37 Å². The van der Waals surface area contributed by atoms with Crippen LogP contribution in [0, 0.1) is 5.82 Å². The molecule has 10 nitrogen and oxygen atoms in total. The third-order valence-corrected chi connectivity index (χ3v) is 6.44. The molecule has 11 heteroatoms. The number of carbonyl (C=O) groups is 3. The fraction of sp³-hybridized carbons (Fsp3) is 0.133. The van der Waals surface area contributed by atoms with Crippen LogP contribution in [0.25, 0.3) is 22.1 Å². The Balaban J connectivity index is 1.40. The number of hydrogen-bond donors (Lipinski definition) is 3. The summed E-state index contributed by atoms with van der Waals surface area (Å²) in [6.45, 7) is 3.12. The van der Waals surface area contributed by atoms with Crippen LogP contribution in [0.4, 0.5) is 10.3 Å². The molecule has 2 heterocycles. The molecule has 0 unspecified atom stereocenters. The van der Waals surface area contributed by atoms with Crippen molar-refractivity contribution in [2.24, 2.45) is 5.73 Å². The van der Waals surface area contributed by atoms with Crippen LogP contribution >= 0.6 is 0 Å². The maximum Gasteiger partial charge on any atom is 0.252 e. The Bertz CT molecular complexity index is 1770. The molecule has 206 valence electrons. The van der Waals surface area contributed by atoms with Crippen molar-refractivity contribution in [2.75, 3.05) is 5.32 Å². The topological polar surface area (TPSA) is 153 Å². The van der Waals surface area contributed by atoms with Crippen LogP contribution in [0.2, 0.25) is 0 Å². The number of nitrogens with zero attached hydrogens (tertiary/aromatic N) is 3. The molecule has 3 amide bonds. The molecular formula is C30H25FN6O4. The minimum absolute atomic E-state index is 0.0209. The summed E-state index contributed by atoms with van der Waals surface area (Å²) in [5, 5.41) is 13.2. The van der Waals surface area contributed by atoms with E-state index in [1.165, 1.54) is 24.5 Å². The zero-order chi connectivity index (χ0) is 29.1. The minimum atomic E-state index is -1.29. The lowest BCUT2D eigenvalue weighted by Crippen LogP contribution is -2.52. The summed E-state index contributed by atoms with van der Waals surface area (Å²) in [4.78, 5) is 42.2. The molecule has 0 fully saturated rings. The van der Waals surface area contributed by atoms with Gasteiger partial charge in [-0.05, 0) is 66.9 Å². The third kappa shape index (κ3) is 5.93. The van der Waals surface area contributed by atoms with Gasteiger partial charge in [0, 0.05) is 17.4 Å². The smallest absolute Gasteiger partial charge is 0.252 e. The normalized spacial score (nSPS) is 11.3. The molecule has 5 aromatic rings. The predicted octanol–water partition coefficient (Wildman–Crippen LogP) is 4.26. The number of aromatic nitrogens is 3. The van der Waals surface area contributed by atoms with E-state index < -0.39 is 23.3 Å². The van der Waals surface area contributed by atoms with E-state index in [1.807, 2.05) is 6.07 Å². The molecule has 41 heavy (non-hydrogen) atoms. The predicted molar refractivity (Wildman–Crippen MR) is 149 cm³/mol. The Morgan fingerprint density at radius 1 is 0.976 bits per heavy atom. The first kappa shape index (κ1) is 27.1. The minimum Gasteiger partial charge on any atom is -0.460 e. The molecule has 0 atom stereocenters. The second-order valence-corrected chi connectivity index (χ2v) is 9.86. The number of carbonyl (C=O) groups excluding carboxylic acids is 3. The molecule has 0 aliphatic rings. The summed E-state index contributed by atoms with van der Waals surface area (Å²) in [5.41, 5.74) is 7.65. The number of primary amides is 1. The van der Waals surface area contributed by atoms with E-state index in [0.29, 0.717) is 27.9 Å². The van der Waals surface area contributed by atoms with Crippen LogP contribution in [0.15, 0.2) is 83.5 Å². The van der Waals surface area contributed by atoms with Crippen LogP contribution in [-0.4, -0.2) is 38.4 Å². The Hall–Kier alpha value is -5.45. The van der Waals surface area contributed by atoms with Gasteiger partial charge in [0.25, 0.3) is 17.7 Å². The lowest BCUT2D eigenvalue weighted by Gasteiger charge is -2.24. The van der Waals surface area contributed by atoms with Gasteiger partial charge >= 0.3 is 0 Å². The van der Waals surface area contributed by atoms with Gasteiger partial charge < -0.3 is 15.5 Å². The Kier molecular flexibility index (Phi) is 7.26. The van der Waals surface area contributed by atoms with Crippen LogP contribution in [-0.2, 0) is 11.2 Å². The van der Waals surface area contributed by atoms with Gasteiger partial charge in [0.2, 0.25) is 5.95 Å². The van der Waals surface area contributed by atoms with Crippen molar-refractivity contribution in [3.63, 3.8) is 0 Å². The highest BCUT2D eigenvalue weighted by Crippen LogP contribution is 2.32. The number of halogens is 1. The quantitative estimate of drug-likeness (QED) is 0.260. The number of fused-ring (bicyclic) bond motifs is 1. The monoisotopic (exact) mass is 552 g/mol. The number of rotatable bonds is 8. The van der Waals surface area contributed by atoms with Crippen molar-refractivity contribution in [3.05, 3.63) is 107 Å². The van der Waals surface area contributed by atoms with Crippen LogP contribution < -0.4 is 16.4 Å². The molecule has 3 aromatic carbocycles. The second-order valence-electron chi connectivity index (χ2n) is 9.86. The van der Waals surface area contributed by atoms with E-state index in [0.717, 1.165) is 11.1 Å². The fourth-order valence-corrected chi connectivity index (χ4v) is 4.33. The van der Waals surface area contributed by atoms with E-state index in [9.17, 15) is 18.8 Å². The Morgan fingerprint density at radius 3 is 2.44 bits per heavy atom. The maximum atomic E-state index is 13.3. The number of benzene rings is 3. The van der Waals surface area contributed by atoms with Gasteiger partial charge in [0.05, 0.1) is 18.0 Å². The number of nitrogens with one attached hydrogen (secondary N) is 2. The molecular weight excluding hydrogens is 527 g/mol. The first-order valence-electron chi connectivity index (χ1n) is 12.6.